The molecule has 0 spiro atoms. The molecule has 0 bridgehead atoms. The number of amides is 1. The Balaban J connectivity index is 1.50. The minimum atomic E-state index is -4.19. The van der Waals surface area contributed by atoms with E-state index >= 15 is 0 Å². The number of carbonyl (C=O) groups is 1. The molecular weight excluding hydrogens is 589 g/mol. The molecule has 0 saturated carbocycles. The third-order valence-corrected chi connectivity index (χ3v) is 12.0. The molecule has 3 heterocycles. The van der Waals surface area contributed by atoms with E-state index in [0.29, 0.717) is 23.1 Å². The van der Waals surface area contributed by atoms with Gasteiger partial charge in [0.25, 0.3) is 15.9 Å². The molecule has 212 valence electrons. The van der Waals surface area contributed by atoms with Crippen molar-refractivity contribution in [3.8, 4) is 16.2 Å². The van der Waals surface area contributed by atoms with Crippen molar-refractivity contribution in [1.29, 1.82) is 0 Å². The van der Waals surface area contributed by atoms with Crippen LogP contribution in [0.25, 0.3) is 10.4 Å². The van der Waals surface area contributed by atoms with Gasteiger partial charge in [0, 0.05) is 24.5 Å². The maximum Gasteiger partial charge on any atom is 0.263 e. The molecule has 1 amide bonds. The molecule has 1 unspecified atom stereocenters. The molecule has 2 aromatic heterocycles. The van der Waals surface area contributed by atoms with E-state index in [9.17, 15) is 26.8 Å². The maximum atomic E-state index is 13.6. The number of piperazine rings is 1. The molecule has 1 saturated heterocycles. The van der Waals surface area contributed by atoms with Crippen molar-refractivity contribution in [3.05, 3.63) is 48.5 Å². The standard InChI is InChI=1S/C22H28N6O7S4/c1-2-35-16-5-3-15(4-6-16)19-7-8-20(37-19)39(33,34)28-11-10-27(13-17(28)22(29)26-30)38(31,32)12-9-18(36)21-23-14-24-25-21/h3-8,14,17-18,30,36H,2,9-13H2,1H3,(H,26,29)(H,23,24,25)/t17-,18?/m1/s1. The van der Waals surface area contributed by atoms with Crippen molar-refractivity contribution in [2.75, 3.05) is 32.0 Å². The van der Waals surface area contributed by atoms with Crippen LogP contribution in [0.5, 0.6) is 5.75 Å². The van der Waals surface area contributed by atoms with Gasteiger partial charge in [0.15, 0.2) is 0 Å². The molecule has 4 rings (SSSR count). The largest absolute Gasteiger partial charge is 0.494 e. The number of nitrogens with one attached hydrogen (secondary N) is 2. The van der Waals surface area contributed by atoms with Crippen LogP contribution in [0.15, 0.2) is 46.9 Å². The van der Waals surface area contributed by atoms with Gasteiger partial charge in [-0.25, -0.2) is 27.3 Å². The topological polar surface area (TPSA) is 175 Å². The van der Waals surface area contributed by atoms with E-state index in [0.717, 1.165) is 25.5 Å². The van der Waals surface area contributed by atoms with Crippen molar-refractivity contribution < 1.29 is 31.6 Å². The molecular formula is C22H28N6O7S4. The van der Waals surface area contributed by atoms with Gasteiger partial charge in [-0.3, -0.25) is 15.1 Å². The SMILES string of the molecule is CCOc1ccc(-c2ccc(S(=O)(=O)N3CCN(S(=O)(=O)CCC(S)c4ncn[nH]4)C[C@@H]3C(=O)NO)s2)cc1. The predicted octanol–water partition coefficient (Wildman–Crippen LogP) is 1.50. The molecule has 1 aliphatic rings. The van der Waals surface area contributed by atoms with Gasteiger partial charge in [0.1, 0.15) is 28.2 Å². The first-order valence-corrected chi connectivity index (χ1v) is 16.2. The van der Waals surface area contributed by atoms with E-state index < -0.39 is 43.8 Å². The smallest absolute Gasteiger partial charge is 0.263 e. The van der Waals surface area contributed by atoms with Gasteiger partial charge >= 0.3 is 0 Å². The van der Waals surface area contributed by atoms with Crippen molar-refractivity contribution in [2.45, 2.75) is 28.8 Å². The first-order chi connectivity index (χ1) is 18.6. The predicted molar refractivity (Wildman–Crippen MR) is 147 cm³/mol. The fraction of sp³-hybridized carbons (Fsp3) is 0.409. The molecule has 3 N–H and O–H groups in total. The zero-order chi connectivity index (χ0) is 28.2. The Morgan fingerprint density at radius 3 is 2.62 bits per heavy atom. The van der Waals surface area contributed by atoms with Crippen LogP contribution in [0, 0.1) is 0 Å². The van der Waals surface area contributed by atoms with Gasteiger partial charge in [-0.1, -0.05) is 0 Å². The second kappa shape index (κ2) is 12.3. The highest BCUT2D eigenvalue weighted by atomic mass is 32.2. The quantitative estimate of drug-likeness (QED) is 0.141. The Kier molecular flexibility index (Phi) is 9.30. The van der Waals surface area contributed by atoms with Crippen LogP contribution in [0.2, 0.25) is 0 Å². The number of sulfonamides is 2. The average Bonchev–Trinajstić information content (AvgIpc) is 3.65. The number of nitrogens with zero attached hydrogens (tertiary/aromatic N) is 4. The highest BCUT2D eigenvalue weighted by Gasteiger charge is 2.43. The molecule has 39 heavy (non-hydrogen) atoms. The molecule has 0 aliphatic carbocycles. The highest BCUT2D eigenvalue weighted by Crippen LogP contribution is 2.34. The van der Waals surface area contributed by atoms with Crippen molar-refractivity contribution >= 4 is 49.9 Å². The molecule has 1 fully saturated rings. The Bertz CT molecular complexity index is 1480. The van der Waals surface area contributed by atoms with E-state index in [1.807, 2.05) is 19.1 Å². The zero-order valence-electron chi connectivity index (χ0n) is 20.8. The fourth-order valence-electron chi connectivity index (χ4n) is 4.08. The van der Waals surface area contributed by atoms with Crippen LogP contribution >= 0.6 is 24.0 Å². The Labute approximate surface area is 235 Å². The third-order valence-electron chi connectivity index (χ3n) is 6.09. The lowest BCUT2D eigenvalue weighted by molar-refractivity contribution is -0.134. The van der Waals surface area contributed by atoms with Gasteiger partial charge in [0.2, 0.25) is 10.0 Å². The Morgan fingerprint density at radius 1 is 1.23 bits per heavy atom. The molecule has 17 heteroatoms. The minimum Gasteiger partial charge on any atom is -0.494 e. The summed E-state index contributed by atoms with van der Waals surface area (Å²) in [5, 5.41) is 15.1. The van der Waals surface area contributed by atoms with Gasteiger partial charge < -0.3 is 4.74 Å². The average molecular weight is 617 g/mol. The van der Waals surface area contributed by atoms with E-state index in [1.54, 1.807) is 18.2 Å². The second-order valence-corrected chi connectivity index (χ2v) is 14.4. The van der Waals surface area contributed by atoms with Crippen LogP contribution < -0.4 is 10.2 Å². The summed E-state index contributed by atoms with van der Waals surface area (Å²) in [6.45, 7) is 1.51. The highest BCUT2D eigenvalue weighted by molar-refractivity contribution is 7.91. The van der Waals surface area contributed by atoms with E-state index in [-0.39, 0.29) is 29.5 Å². The van der Waals surface area contributed by atoms with E-state index in [1.165, 1.54) is 17.9 Å². The number of thiol groups is 1. The number of rotatable bonds is 11. The lowest BCUT2D eigenvalue weighted by atomic mass is 10.2. The van der Waals surface area contributed by atoms with Crippen LogP contribution in [-0.2, 0) is 24.8 Å². The summed E-state index contributed by atoms with van der Waals surface area (Å²) in [4.78, 5) is 17.2. The molecule has 13 nitrogen and oxygen atoms in total. The van der Waals surface area contributed by atoms with Gasteiger partial charge in [-0.2, -0.15) is 26.3 Å². The lowest BCUT2D eigenvalue weighted by Crippen LogP contribution is -2.61. The zero-order valence-corrected chi connectivity index (χ0v) is 24.1. The normalized spacial score (nSPS) is 18.1. The maximum absolute atomic E-state index is 13.6. The number of thiophene rings is 1. The summed E-state index contributed by atoms with van der Waals surface area (Å²) in [5.74, 6) is -0.226. The lowest BCUT2D eigenvalue weighted by Gasteiger charge is -2.38. The minimum absolute atomic E-state index is 0.0107. The van der Waals surface area contributed by atoms with E-state index in [4.69, 9.17) is 4.74 Å². The number of benzene rings is 1. The molecule has 0 radical (unpaired) electrons. The number of H-pyrrole nitrogens is 1. The van der Waals surface area contributed by atoms with Crippen molar-refractivity contribution in [2.24, 2.45) is 0 Å². The number of hydrogen-bond acceptors (Lipinski definition) is 11. The van der Waals surface area contributed by atoms with Crippen LogP contribution in [0.4, 0.5) is 0 Å². The number of aromatic nitrogens is 3. The summed E-state index contributed by atoms with van der Waals surface area (Å²) in [5.41, 5.74) is 2.26. The number of carbonyl (C=O) groups excluding carboxylic acids is 1. The van der Waals surface area contributed by atoms with Crippen LogP contribution in [0.3, 0.4) is 0 Å². The number of aromatic amines is 1. The fourth-order valence-corrected chi connectivity index (χ4v) is 9.04. The van der Waals surface area contributed by atoms with Crippen molar-refractivity contribution in [3.63, 3.8) is 0 Å². The van der Waals surface area contributed by atoms with E-state index in [2.05, 4.69) is 27.8 Å². The first kappa shape index (κ1) is 29.4. The van der Waals surface area contributed by atoms with Gasteiger partial charge in [0.05, 0.1) is 17.6 Å². The summed E-state index contributed by atoms with van der Waals surface area (Å²) in [7, 11) is -8.08. The second-order valence-electron chi connectivity index (χ2n) is 8.53. The first-order valence-electron chi connectivity index (χ1n) is 11.9. The Morgan fingerprint density at radius 2 is 1.97 bits per heavy atom. The Hall–Kier alpha value is -2.54. The molecule has 2 atom stereocenters. The summed E-state index contributed by atoms with van der Waals surface area (Å²) < 4.78 is 60.6. The van der Waals surface area contributed by atoms with Gasteiger partial charge in [-0.15, -0.1) is 11.3 Å². The molecule has 3 aromatic rings. The number of hydroxylamine groups is 1. The van der Waals surface area contributed by atoms with Crippen LogP contribution in [0.1, 0.15) is 24.4 Å². The third kappa shape index (κ3) is 6.62. The monoisotopic (exact) mass is 616 g/mol. The van der Waals surface area contributed by atoms with Gasteiger partial charge in [-0.05, 0) is 55.3 Å². The summed E-state index contributed by atoms with van der Waals surface area (Å²) in [6.07, 6.45) is 1.40. The molecule has 1 aliphatic heterocycles. The summed E-state index contributed by atoms with van der Waals surface area (Å²) in [6, 6.07) is 8.84. The van der Waals surface area contributed by atoms with Crippen LogP contribution in [-0.4, -0.2) is 89.8 Å². The summed E-state index contributed by atoms with van der Waals surface area (Å²) >= 11 is 5.38. The number of hydrogen-bond donors (Lipinski definition) is 4. The molecule has 1 aromatic carbocycles. The van der Waals surface area contributed by atoms with Crippen molar-refractivity contribution in [1.82, 2.24) is 29.3 Å². The number of ether oxygens (including phenoxy) is 1.